The maximum atomic E-state index is 13.1. The number of fused-ring (bicyclic) bond motifs is 1. The molecule has 26 heavy (non-hydrogen) atoms. The van der Waals surface area contributed by atoms with Crippen molar-refractivity contribution in [1.29, 1.82) is 0 Å². The summed E-state index contributed by atoms with van der Waals surface area (Å²) in [7, 11) is 0. The molecular formula is C19H16Cl2N2O3. The Kier molecular flexibility index (Phi) is 4.69. The average molecular weight is 391 g/mol. The summed E-state index contributed by atoms with van der Waals surface area (Å²) < 4.78 is 1.49. The van der Waals surface area contributed by atoms with Crippen molar-refractivity contribution in [2.45, 2.75) is 19.8 Å². The van der Waals surface area contributed by atoms with Gasteiger partial charge in [0, 0.05) is 16.6 Å². The highest BCUT2D eigenvalue weighted by molar-refractivity contribution is 6.42. The molecule has 1 heterocycles. The van der Waals surface area contributed by atoms with E-state index in [-0.39, 0.29) is 16.7 Å². The molecule has 3 aromatic rings. The molecule has 3 N–H and O–H groups in total. The second-order valence-corrected chi connectivity index (χ2v) is 6.91. The Labute approximate surface area is 159 Å². The summed E-state index contributed by atoms with van der Waals surface area (Å²) in [6, 6.07) is 9.27. The second kappa shape index (κ2) is 6.67. The predicted molar refractivity (Wildman–Crippen MR) is 102 cm³/mol. The van der Waals surface area contributed by atoms with E-state index in [2.05, 4.69) is 0 Å². The van der Waals surface area contributed by atoms with Crippen molar-refractivity contribution < 1.29 is 14.7 Å². The van der Waals surface area contributed by atoms with Gasteiger partial charge in [0.05, 0.1) is 21.5 Å². The van der Waals surface area contributed by atoms with Crippen LogP contribution in [-0.4, -0.2) is 21.5 Å². The number of hydrogen-bond acceptors (Lipinski definition) is 3. The van der Waals surface area contributed by atoms with Gasteiger partial charge in [0.15, 0.2) is 0 Å². The SMILES string of the molecule is Cc1c(C(C)C(N)=O)c2cc(O)ccc2n1C(=O)c1ccc(Cl)c(Cl)c1. The van der Waals surface area contributed by atoms with Crippen LogP contribution in [0.25, 0.3) is 10.9 Å². The molecule has 0 spiro atoms. The number of aromatic nitrogens is 1. The molecule has 0 aliphatic rings. The smallest absolute Gasteiger partial charge is 0.262 e. The van der Waals surface area contributed by atoms with Crippen LogP contribution in [0.5, 0.6) is 5.75 Å². The highest BCUT2D eigenvalue weighted by atomic mass is 35.5. The van der Waals surface area contributed by atoms with Gasteiger partial charge in [-0.05, 0) is 55.8 Å². The molecule has 0 fully saturated rings. The molecule has 1 aromatic heterocycles. The lowest BCUT2D eigenvalue weighted by Gasteiger charge is -2.10. The van der Waals surface area contributed by atoms with Gasteiger partial charge in [-0.15, -0.1) is 0 Å². The minimum absolute atomic E-state index is 0.0366. The van der Waals surface area contributed by atoms with E-state index in [0.29, 0.717) is 32.7 Å². The van der Waals surface area contributed by atoms with Crippen molar-refractivity contribution in [2.75, 3.05) is 0 Å². The zero-order valence-electron chi connectivity index (χ0n) is 14.1. The molecule has 3 rings (SSSR count). The lowest BCUT2D eigenvalue weighted by Crippen LogP contribution is -2.20. The first-order valence-electron chi connectivity index (χ1n) is 7.85. The van der Waals surface area contributed by atoms with Gasteiger partial charge in [0.2, 0.25) is 5.91 Å². The lowest BCUT2D eigenvalue weighted by atomic mass is 9.97. The Morgan fingerprint density at radius 1 is 1.12 bits per heavy atom. The number of phenolic OH excluding ortho intramolecular Hbond substituents is 1. The zero-order valence-corrected chi connectivity index (χ0v) is 15.6. The third kappa shape index (κ3) is 2.93. The summed E-state index contributed by atoms with van der Waals surface area (Å²) in [6.07, 6.45) is 0. The fraction of sp³-hybridized carbons (Fsp3) is 0.158. The molecule has 0 aliphatic carbocycles. The van der Waals surface area contributed by atoms with Crippen LogP contribution in [0.1, 0.15) is 34.5 Å². The molecule has 7 heteroatoms. The van der Waals surface area contributed by atoms with Crippen LogP contribution in [0.15, 0.2) is 36.4 Å². The van der Waals surface area contributed by atoms with Gasteiger partial charge in [-0.2, -0.15) is 0 Å². The fourth-order valence-corrected chi connectivity index (χ4v) is 3.44. The van der Waals surface area contributed by atoms with Crippen molar-refractivity contribution in [3.8, 4) is 5.75 Å². The van der Waals surface area contributed by atoms with Crippen molar-refractivity contribution in [3.63, 3.8) is 0 Å². The van der Waals surface area contributed by atoms with Crippen LogP contribution >= 0.6 is 23.2 Å². The first-order chi connectivity index (χ1) is 12.2. The van der Waals surface area contributed by atoms with Crippen LogP contribution in [0.3, 0.4) is 0 Å². The Hall–Kier alpha value is -2.50. The summed E-state index contributed by atoms with van der Waals surface area (Å²) in [5, 5.41) is 11.1. The topological polar surface area (TPSA) is 85.3 Å². The summed E-state index contributed by atoms with van der Waals surface area (Å²) in [5.41, 5.74) is 7.58. The number of phenols is 1. The number of carbonyl (C=O) groups is 2. The third-order valence-electron chi connectivity index (χ3n) is 4.47. The van der Waals surface area contributed by atoms with Gasteiger partial charge in [-0.25, -0.2) is 0 Å². The Balaban J connectivity index is 2.29. The average Bonchev–Trinajstić information content (AvgIpc) is 2.87. The highest BCUT2D eigenvalue weighted by Gasteiger charge is 2.25. The van der Waals surface area contributed by atoms with Crippen molar-refractivity contribution in [2.24, 2.45) is 5.73 Å². The number of aromatic hydroxyl groups is 1. The molecule has 1 unspecified atom stereocenters. The number of rotatable bonds is 3. The Bertz CT molecular complexity index is 1060. The van der Waals surface area contributed by atoms with Crippen molar-refractivity contribution in [3.05, 3.63) is 63.3 Å². The molecule has 0 saturated carbocycles. The summed E-state index contributed by atoms with van der Waals surface area (Å²) >= 11 is 12.0. The Morgan fingerprint density at radius 3 is 2.42 bits per heavy atom. The van der Waals surface area contributed by atoms with Gasteiger partial charge in [-0.1, -0.05) is 23.2 Å². The number of benzene rings is 2. The number of primary amides is 1. The summed E-state index contributed by atoms with van der Waals surface area (Å²) in [4.78, 5) is 24.9. The van der Waals surface area contributed by atoms with Crippen molar-refractivity contribution >= 4 is 45.9 Å². The second-order valence-electron chi connectivity index (χ2n) is 6.09. The number of halogens is 2. The van der Waals surface area contributed by atoms with Crippen molar-refractivity contribution in [1.82, 2.24) is 4.57 Å². The number of hydrogen-bond donors (Lipinski definition) is 2. The van der Waals surface area contributed by atoms with Gasteiger partial charge in [0.25, 0.3) is 5.91 Å². The number of amides is 1. The highest BCUT2D eigenvalue weighted by Crippen LogP contribution is 2.35. The third-order valence-corrected chi connectivity index (χ3v) is 5.20. The van der Waals surface area contributed by atoms with E-state index in [4.69, 9.17) is 28.9 Å². The molecular weight excluding hydrogens is 375 g/mol. The molecule has 0 saturated heterocycles. The minimum atomic E-state index is -0.623. The van der Waals surface area contributed by atoms with Gasteiger partial charge in [-0.3, -0.25) is 14.2 Å². The number of carbonyl (C=O) groups excluding carboxylic acids is 2. The minimum Gasteiger partial charge on any atom is -0.508 e. The van der Waals surface area contributed by atoms with E-state index in [9.17, 15) is 14.7 Å². The summed E-state index contributed by atoms with van der Waals surface area (Å²) in [6.45, 7) is 3.41. The molecule has 0 bridgehead atoms. The standard InChI is InChI=1S/C19H16Cl2N2O3/c1-9(18(22)25)17-10(2)23(16-6-4-12(24)8-13(16)17)19(26)11-3-5-14(20)15(21)7-11/h3-9,24H,1-2H3,(H2,22,25). The zero-order chi connectivity index (χ0) is 19.2. The molecule has 1 atom stereocenters. The van der Waals surface area contributed by atoms with Gasteiger partial charge >= 0.3 is 0 Å². The lowest BCUT2D eigenvalue weighted by molar-refractivity contribution is -0.119. The predicted octanol–water partition coefficient (Wildman–Crippen LogP) is 4.24. The quantitative estimate of drug-likeness (QED) is 0.700. The first-order valence-corrected chi connectivity index (χ1v) is 8.61. The molecule has 0 radical (unpaired) electrons. The van der Waals surface area contributed by atoms with E-state index in [0.717, 1.165) is 0 Å². The van der Waals surface area contributed by atoms with E-state index >= 15 is 0 Å². The van der Waals surface area contributed by atoms with E-state index in [1.165, 1.54) is 22.8 Å². The molecule has 134 valence electrons. The number of nitrogens with two attached hydrogens (primary N) is 1. The maximum absolute atomic E-state index is 13.1. The largest absolute Gasteiger partial charge is 0.508 e. The van der Waals surface area contributed by atoms with Crippen LogP contribution in [0.4, 0.5) is 0 Å². The van der Waals surface area contributed by atoms with Crippen LogP contribution in [0, 0.1) is 6.92 Å². The van der Waals surface area contributed by atoms with Gasteiger partial charge in [0.1, 0.15) is 5.75 Å². The number of nitrogens with zero attached hydrogens (tertiary/aromatic N) is 1. The van der Waals surface area contributed by atoms with E-state index in [1.807, 2.05) is 0 Å². The maximum Gasteiger partial charge on any atom is 0.262 e. The van der Waals surface area contributed by atoms with Gasteiger partial charge < -0.3 is 10.8 Å². The molecule has 0 aliphatic heterocycles. The molecule has 1 amide bonds. The fourth-order valence-electron chi connectivity index (χ4n) is 3.14. The first kappa shape index (κ1) is 18.3. The molecule has 5 nitrogen and oxygen atoms in total. The van der Waals surface area contributed by atoms with Crippen LogP contribution in [0.2, 0.25) is 10.0 Å². The van der Waals surface area contributed by atoms with E-state index in [1.54, 1.807) is 32.0 Å². The normalized spacial score (nSPS) is 12.3. The van der Waals surface area contributed by atoms with Crippen LogP contribution < -0.4 is 5.73 Å². The van der Waals surface area contributed by atoms with E-state index < -0.39 is 11.8 Å². The summed E-state index contributed by atoms with van der Waals surface area (Å²) in [5.74, 6) is -1.42. The monoisotopic (exact) mass is 390 g/mol. The molecule has 2 aromatic carbocycles. The van der Waals surface area contributed by atoms with Crippen LogP contribution in [-0.2, 0) is 4.79 Å². The Morgan fingerprint density at radius 2 is 1.81 bits per heavy atom.